The van der Waals surface area contributed by atoms with Crippen molar-refractivity contribution >= 4 is 5.91 Å². The molecule has 2 aromatic rings. The number of carbonyl (C=O) groups excluding carboxylic acids is 1. The van der Waals surface area contributed by atoms with Crippen molar-refractivity contribution in [3.8, 4) is 0 Å². The molecule has 1 spiro atoms. The third kappa shape index (κ3) is 4.30. The first-order chi connectivity index (χ1) is 13.5. The van der Waals surface area contributed by atoms with Gasteiger partial charge in [-0.15, -0.1) is 0 Å². The van der Waals surface area contributed by atoms with Crippen LogP contribution < -0.4 is 0 Å². The van der Waals surface area contributed by atoms with Crippen LogP contribution in [0.3, 0.4) is 0 Å². The van der Waals surface area contributed by atoms with E-state index in [0.717, 1.165) is 51.0 Å². The van der Waals surface area contributed by atoms with Crippen LogP contribution in [0, 0.1) is 5.41 Å². The number of aryl methyl sites for hydroxylation is 2. The van der Waals surface area contributed by atoms with E-state index >= 15 is 0 Å². The van der Waals surface area contributed by atoms with E-state index in [4.69, 9.17) is 0 Å². The van der Waals surface area contributed by atoms with Gasteiger partial charge in [0.2, 0.25) is 5.91 Å². The van der Waals surface area contributed by atoms with Gasteiger partial charge in [-0.05, 0) is 55.2 Å². The van der Waals surface area contributed by atoms with Gasteiger partial charge in [-0.2, -0.15) is 5.10 Å². The van der Waals surface area contributed by atoms with Gasteiger partial charge < -0.3 is 9.80 Å². The van der Waals surface area contributed by atoms with Crippen molar-refractivity contribution < 1.29 is 4.79 Å². The van der Waals surface area contributed by atoms with E-state index in [1.165, 1.54) is 12.0 Å². The molecule has 0 bridgehead atoms. The van der Waals surface area contributed by atoms with E-state index in [9.17, 15) is 4.79 Å². The number of aromatic nitrogens is 2. The molecular formula is C23H32N4O. The summed E-state index contributed by atoms with van der Waals surface area (Å²) >= 11 is 0. The highest BCUT2D eigenvalue weighted by Gasteiger charge is 2.41. The molecule has 2 fully saturated rings. The lowest BCUT2D eigenvalue weighted by molar-refractivity contribution is -0.134. The highest BCUT2D eigenvalue weighted by molar-refractivity contribution is 5.76. The average Bonchev–Trinajstić information content (AvgIpc) is 3.12. The summed E-state index contributed by atoms with van der Waals surface area (Å²) in [6, 6.07) is 10.9. The fraction of sp³-hybridized carbons (Fsp3) is 0.565. The van der Waals surface area contributed by atoms with Crippen LogP contribution in [0.5, 0.6) is 0 Å². The van der Waals surface area contributed by atoms with Crippen molar-refractivity contribution in [3.63, 3.8) is 0 Å². The Morgan fingerprint density at radius 1 is 1.18 bits per heavy atom. The van der Waals surface area contributed by atoms with E-state index in [0.29, 0.717) is 23.7 Å². The van der Waals surface area contributed by atoms with Crippen LogP contribution in [-0.2, 0) is 18.3 Å². The van der Waals surface area contributed by atoms with Crippen LogP contribution >= 0.6 is 0 Å². The van der Waals surface area contributed by atoms with Crippen molar-refractivity contribution in [2.24, 2.45) is 12.5 Å². The summed E-state index contributed by atoms with van der Waals surface area (Å²) in [5.74, 6) is 0.898. The Hall–Kier alpha value is -2.14. The molecule has 2 aliphatic heterocycles. The highest BCUT2D eigenvalue weighted by atomic mass is 16.2. The minimum atomic E-state index is 0.294. The second-order valence-electron chi connectivity index (χ2n) is 8.91. The van der Waals surface area contributed by atoms with Crippen LogP contribution in [0.1, 0.15) is 42.7 Å². The SMILES string of the molecule is CN1C[C@H](c2ccccc2)CC2(CCN(C(=O)CCc3cnn(C)c3)CC2)C1. The molecule has 1 amide bonds. The smallest absolute Gasteiger partial charge is 0.222 e. The Morgan fingerprint density at radius 3 is 2.61 bits per heavy atom. The Bertz CT molecular complexity index is 792. The molecular weight excluding hydrogens is 348 g/mol. The molecule has 3 heterocycles. The summed E-state index contributed by atoms with van der Waals surface area (Å²) in [5, 5.41) is 4.19. The normalized spacial score (nSPS) is 22.5. The molecule has 2 saturated heterocycles. The quantitative estimate of drug-likeness (QED) is 0.819. The molecule has 4 rings (SSSR count). The van der Waals surface area contributed by atoms with Crippen molar-refractivity contribution in [3.05, 3.63) is 53.9 Å². The molecule has 5 heteroatoms. The molecule has 0 radical (unpaired) electrons. The van der Waals surface area contributed by atoms with Gasteiger partial charge in [-0.1, -0.05) is 30.3 Å². The number of rotatable bonds is 4. The molecule has 1 aromatic carbocycles. The zero-order valence-corrected chi connectivity index (χ0v) is 17.2. The van der Waals surface area contributed by atoms with Crippen LogP contribution in [0.25, 0.3) is 0 Å². The monoisotopic (exact) mass is 380 g/mol. The predicted octanol–water partition coefficient (Wildman–Crippen LogP) is 3.08. The summed E-state index contributed by atoms with van der Waals surface area (Å²) in [5.41, 5.74) is 2.96. The first-order valence-electron chi connectivity index (χ1n) is 10.5. The van der Waals surface area contributed by atoms with E-state index < -0.39 is 0 Å². The van der Waals surface area contributed by atoms with Gasteiger partial charge in [0.25, 0.3) is 0 Å². The largest absolute Gasteiger partial charge is 0.343 e. The van der Waals surface area contributed by atoms with Gasteiger partial charge in [0.1, 0.15) is 0 Å². The molecule has 1 atom stereocenters. The van der Waals surface area contributed by atoms with Gasteiger partial charge in [0, 0.05) is 45.8 Å². The molecule has 1 aromatic heterocycles. The van der Waals surface area contributed by atoms with Crippen molar-refractivity contribution in [2.75, 3.05) is 33.2 Å². The van der Waals surface area contributed by atoms with Crippen LogP contribution in [0.4, 0.5) is 0 Å². The molecule has 0 N–H and O–H groups in total. The fourth-order valence-corrected chi connectivity index (χ4v) is 5.22. The van der Waals surface area contributed by atoms with Gasteiger partial charge in [-0.3, -0.25) is 9.48 Å². The minimum absolute atomic E-state index is 0.294. The zero-order chi connectivity index (χ0) is 19.6. The Morgan fingerprint density at radius 2 is 1.93 bits per heavy atom. The number of hydrogen-bond acceptors (Lipinski definition) is 3. The second-order valence-corrected chi connectivity index (χ2v) is 8.91. The molecule has 5 nitrogen and oxygen atoms in total. The summed E-state index contributed by atoms with van der Waals surface area (Å²) in [7, 11) is 4.17. The molecule has 28 heavy (non-hydrogen) atoms. The molecule has 0 saturated carbocycles. The number of amides is 1. The molecule has 0 unspecified atom stereocenters. The van der Waals surface area contributed by atoms with Crippen LogP contribution in [0.15, 0.2) is 42.7 Å². The van der Waals surface area contributed by atoms with Gasteiger partial charge >= 0.3 is 0 Å². The first kappa shape index (κ1) is 19.2. The van der Waals surface area contributed by atoms with E-state index in [2.05, 4.69) is 52.3 Å². The molecule has 0 aliphatic carbocycles. The average molecular weight is 381 g/mol. The summed E-state index contributed by atoms with van der Waals surface area (Å²) in [4.78, 5) is 17.3. The Labute approximate surface area is 168 Å². The number of hydrogen-bond donors (Lipinski definition) is 0. The van der Waals surface area contributed by atoms with Gasteiger partial charge in [0.05, 0.1) is 6.20 Å². The minimum Gasteiger partial charge on any atom is -0.343 e. The summed E-state index contributed by atoms with van der Waals surface area (Å²) in [6.45, 7) is 4.11. The number of likely N-dealkylation sites (tertiary alicyclic amines) is 2. The molecule has 150 valence electrons. The van der Waals surface area contributed by atoms with Crippen molar-refractivity contribution in [1.29, 1.82) is 0 Å². The second kappa shape index (κ2) is 8.08. The lowest BCUT2D eigenvalue weighted by Gasteiger charge is -2.49. The number of carbonyl (C=O) groups is 1. The number of benzene rings is 1. The Balaban J connectivity index is 1.33. The van der Waals surface area contributed by atoms with Crippen LogP contribution in [-0.4, -0.2) is 58.7 Å². The van der Waals surface area contributed by atoms with Gasteiger partial charge in [0.15, 0.2) is 0 Å². The van der Waals surface area contributed by atoms with Crippen LogP contribution in [0.2, 0.25) is 0 Å². The summed E-state index contributed by atoms with van der Waals surface area (Å²) < 4.78 is 1.80. The zero-order valence-electron chi connectivity index (χ0n) is 17.2. The van der Waals surface area contributed by atoms with Crippen molar-refractivity contribution in [2.45, 2.75) is 38.0 Å². The highest BCUT2D eigenvalue weighted by Crippen LogP contribution is 2.44. The maximum Gasteiger partial charge on any atom is 0.222 e. The third-order valence-corrected chi connectivity index (χ3v) is 6.65. The first-order valence-corrected chi connectivity index (χ1v) is 10.5. The fourth-order valence-electron chi connectivity index (χ4n) is 5.22. The topological polar surface area (TPSA) is 41.4 Å². The number of piperidine rings is 2. The van der Waals surface area contributed by atoms with E-state index in [-0.39, 0.29) is 0 Å². The van der Waals surface area contributed by atoms with Crippen molar-refractivity contribution in [1.82, 2.24) is 19.6 Å². The maximum atomic E-state index is 12.7. The third-order valence-electron chi connectivity index (χ3n) is 6.65. The number of likely N-dealkylation sites (N-methyl/N-ethyl adjacent to an activating group) is 1. The van der Waals surface area contributed by atoms with Gasteiger partial charge in [-0.25, -0.2) is 0 Å². The van der Waals surface area contributed by atoms with E-state index in [1.54, 1.807) is 4.68 Å². The molecule has 2 aliphatic rings. The summed E-state index contributed by atoms with van der Waals surface area (Å²) in [6.07, 6.45) is 8.73. The Kier molecular flexibility index (Phi) is 5.54. The number of nitrogens with zero attached hydrogens (tertiary/aromatic N) is 4. The predicted molar refractivity (Wildman–Crippen MR) is 111 cm³/mol. The standard InChI is InChI=1S/C23H32N4O/c1-25-17-21(20-6-4-3-5-7-20)14-23(18-25)10-12-27(13-11-23)22(28)9-8-19-15-24-26(2)16-19/h3-7,15-16,21H,8-14,17-18H2,1-2H3/t21-/m1/s1. The van der Waals surface area contributed by atoms with E-state index in [1.807, 2.05) is 19.4 Å². The lowest BCUT2D eigenvalue weighted by Crippen LogP contribution is -2.51. The maximum absolute atomic E-state index is 12.7. The lowest BCUT2D eigenvalue weighted by atomic mass is 9.68.